The van der Waals surface area contributed by atoms with Crippen LogP contribution in [0.15, 0.2) is 15.8 Å². The van der Waals surface area contributed by atoms with Crippen LogP contribution in [0.3, 0.4) is 0 Å². The summed E-state index contributed by atoms with van der Waals surface area (Å²) in [4.78, 5) is 35.6. The van der Waals surface area contributed by atoms with Gasteiger partial charge in [0.2, 0.25) is 0 Å². The van der Waals surface area contributed by atoms with Crippen molar-refractivity contribution in [1.29, 1.82) is 0 Å². The fourth-order valence-corrected chi connectivity index (χ4v) is 1.81. The quantitative estimate of drug-likeness (QED) is 0.732. The molecule has 2 atom stereocenters. The Morgan fingerprint density at radius 2 is 2.24 bits per heavy atom. The summed E-state index contributed by atoms with van der Waals surface area (Å²) in [7, 11) is 0. The van der Waals surface area contributed by atoms with Gasteiger partial charge in [0.1, 0.15) is 6.23 Å². The number of nitrogens with zero attached hydrogens (tertiary/aromatic N) is 1. The third-order valence-corrected chi connectivity index (χ3v) is 2.73. The normalized spacial score (nSPS) is 23.8. The second-order valence-corrected chi connectivity index (χ2v) is 3.97. The highest BCUT2D eigenvalue weighted by Gasteiger charge is 2.32. The number of nitrogens with one attached hydrogen (secondary N) is 1. The van der Waals surface area contributed by atoms with E-state index in [1.165, 1.54) is 10.8 Å². The Balaban J connectivity index is 2.31. The maximum absolute atomic E-state index is 11.5. The minimum absolute atomic E-state index is 0.352. The van der Waals surface area contributed by atoms with Crippen LogP contribution < -0.4 is 11.2 Å². The van der Waals surface area contributed by atoms with E-state index < -0.39 is 29.6 Å². The van der Waals surface area contributed by atoms with Crippen molar-refractivity contribution < 1.29 is 14.6 Å². The van der Waals surface area contributed by atoms with E-state index in [4.69, 9.17) is 9.84 Å². The molecule has 1 aromatic rings. The van der Waals surface area contributed by atoms with Crippen molar-refractivity contribution in [3.63, 3.8) is 0 Å². The topological polar surface area (TPSA) is 101 Å². The van der Waals surface area contributed by atoms with Crippen molar-refractivity contribution in [2.45, 2.75) is 32.1 Å². The molecule has 7 nitrogen and oxygen atoms in total. The lowest BCUT2D eigenvalue weighted by molar-refractivity contribution is -0.151. The lowest BCUT2D eigenvalue weighted by Gasteiger charge is -2.14. The number of carboxylic acids is 1. The highest BCUT2D eigenvalue weighted by Crippen LogP contribution is 2.26. The Morgan fingerprint density at radius 3 is 2.82 bits per heavy atom. The molecule has 7 heteroatoms. The number of carboxylic acid groups (broad SMARTS) is 1. The first-order valence-corrected chi connectivity index (χ1v) is 5.19. The summed E-state index contributed by atoms with van der Waals surface area (Å²) in [5.41, 5.74) is -0.650. The van der Waals surface area contributed by atoms with Crippen molar-refractivity contribution in [2.75, 3.05) is 0 Å². The van der Waals surface area contributed by atoms with Gasteiger partial charge in [0.25, 0.3) is 5.56 Å². The second-order valence-electron chi connectivity index (χ2n) is 3.97. The van der Waals surface area contributed by atoms with E-state index in [0.717, 1.165) is 0 Å². The van der Waals surface area contributed by atoms with E-state index in [2.05, 4.69) is 4.98 Å². The smallest absolute Gasteiger partial charge is 0.332 e. The Labute approximate surface area is 95.7 Å². The standard InChI is InChI=1S/C10H12N2O5/c1-5-4-12(10(16)11-8(5)13)7-3-2-6(17-7)9(14)15/h4,6-7H,2-3H2,1H3,(H,14,15)(H,11,13,16)/t6-,7-/m0/s1. The van der Waals surface area contributed by atoms with E-state index >= 15 is 0 Å². The summed E-state index contributed by atoms with van der Waals surface area (Å²) >= 11 is 0. The predicted molar refractivity (Wildman–Crippen MR) is 56.8 cm³/mol. The van der Waals surface area contributed by atoms with Crippen molar-refractivity contribution >= 4 is 5.97 Å². The van der Waals surface area contributed by atoms with Crippen LogP contribution in [0.4, 0.5) is 0 Å². The third kappa shape index (κ3) is 2.14. The first-order chi connectivity index (χ1) is 7.99. The minimum atomic E-state index is -1.04. The van der Waals surface area contributed by atoms with Gasteiger partial charge in [0.05, 0.1) is 0 Å². The fourth-order valence-electron chi connectivity index (χ4n) is 1.81. The van der Waals surface area contributed by atoms with Gasteiger partial charge in [-0.15, -0.1) is 0 Å². The van der Waals surface area contributed by atoms with Gasteiger partial charge in [0.15, 0.2) is 6.10 Å². The molecule has 0 saturated carbocycles. The molecule has 1 aromatic heterocycles. The number of aromatic amines is 1. The molecule has 0 spiro atoms. The molecule has 0 unspecified atom stereocenters. The predicted octanol–water partition coefficient (Wildman–Crippen LogP) is -0.393. The molecule has 1 aliphatic heterocycles. The van der Waals surface area contributed by atoms with Crippen LogP contribution in [0.1, 0.15) is 24.6 Å². The van der Waals surface area contributed by atoms with E-state index in [0.29, 0.717) is 18.4 Å². The van der Waals surface area contributed by atoms with Crippen LogP contribution in [0.25, 0.3) is 0 Å². The summed E-state index contributed by atoms with van der Waals surface area (Å²) in [6.07, 6.45) is 0.654. The second kappa shape index (κ2) is 4.17. The number of aliphatic carboxylic acids is 1. The molecular weight excluding hydrogens is 228 g/mol. The number of rotatable bonds is 2. The highest BCUT2D eigenvalue weighted by molar-refractivity contribution is 5.72. The number of hydrogen-bond acceptors (Lipinski definition) is 4. The average Bonchev–Trinajstić information content (AvgIpc) is 2.72. The maximum atomic E-state index is 11.5. The van der Waals surface area contributed by atoms with Gasteiger partial charge in [-0.3, -0.25) is 14.3 Å². The summed E-state index contributed by atoms with van der Waals surface area (Å²) in [6, 6.07) is 0. The first kappa shape index (κ1) is 11.6. The number of carbonyl (C=O) groups is 1. The van der Waals surface area contributed by atoms with Gasteiger partial charge in [-0.05, 0) is 19.8 Å². The molecule has 0 bridgehead atoms. The third-order valence-electron chi connectivity index (χ3n) is 2.73. The van der Waals surface area contributed by atoms with E-state index in [1.54, 1.807) is 6.92 Å². The molecular formula is C10H12N2O5. The van der Waals surface area contributed by atoms with Gasteiger partial charge >= 0.3 is 11.7 Å². The number of H-pyrrole nitrogens is 1. The van der Waals surface area contributed by atoms with E-state index in [9.17, 15) is 14.4 Å². The molecule has 0 aliphatic carbocycles. The molecule has 1 aliphatic rings. The lowest BCUT2D eigenvalue weighted by Crippen LogP contribution is -2.33. The fraction of sp³-hybridized carbons (Fsp3) is 0.500. The van der Waals surface area contributed by atoms with Gasteiger partial charge in [-0.2, -0.15) is 0 Å². The Bertz CT molecular complexity index is 559. The van der Waals surface area contributed by atoms with Crippen LogP contribution >= 0.6 is 0 Å². The first-order valence-electron chi connectivity index (χ1n) is 5.19. The van der Waals surface area contributed by atoms with Crippen LogP contribution in [0, 0.1) is 6.92 Å². The van der Waals surface area contributed by atoms with Gasteiger partial charge in [-0.1, -0.05) is 0 Å². The Morgan fingerprint density at radius 1 is 1.53 bits per heavy atom. The Hall–Kier alpha value is -1.89. The molecule has 2 rings (SSSR count). The molecule has 1 saturated heterocycles. The molecule has 2 N–H and O–H groups in total. The van der Waals surface area contributed by atoms with Crippen LogP contribution in [-0.2, 0) is 9.53 Å². The maximum Gasteiger partial charge on any atom is 0.332 e. The summed E-state index contributed by atoms with van der Waals surface area (Å²) in [5, 5.41) is 8.78. The van der Waals surface area contributed by atoms with Crippen LogP contribution in [-0.4, -0.2) is 26.7 Å². The van der Waals surface area contributed by atoms with Crippen molar-refractivity contribution in [1.82, 2.24) is 9.55 Å². The summed E-state index contributed by atoms with van der Waals surface area (Å²) in [5.74, 6) is -1.04. The van der Waals surface area contributed by atoms with Crippen LogP contribution in [0.2, 0.25) is 0 Å². The average molecular weight is 240 g/mol. The molecule has 0 radical (unpaired) electrons. The minimum Gasteiger partial charge on any atom is -0.479 e. The zero-order chi connectivity index (χ0) is 12.6. The van der Waals surface area contributed by atoms with Crippen molar-refractivity contribution in [2.24, 2.45) is 0 Å². The summed E-state index contributed by atoms with van der Waals surface area (Å²) in [6.45, 7) is 1.57. The number of aromatic nitrogens is 2. The molecule has 0 aromatic carbocycles. The number of hydrogen-bond donors (Lipinski definition) is 2. The molecule has 0 amide bonds. The van der Waals surface area contributed by atoms with Gasteiger partial charge in [-0.25, -0.2) is 9.59 Å². The van der Waals surface area contributed by atoms with E-state index in [1.807, 2.05) is 0 Å². The van der Waals surface area contributed by atoms with E-state index in [-0.39, 0.29) is 0 Å². The SMILES string of the molecule is Cc1cn([C@@H]2CC[C@@H](C(=O)O)O2)c(=O)[nH]c1=O. The van der Waals surface area contributed by atoms with Crippen molar-refractivity contribution in [3.05, 3.63) is 32.6 Å². The summed E-state index contributed by atoms with van der Waals surface area (Å²) < 4.78 is 6.45. The number of aryl methyl sites for hydroxylation is 1. The van der Waals surface area contributed by atoms with Crippen molar-refractivity contribution in [3.8, 4) is 0 Å². The van der Waals surface area contributed by atoms with Gasteiger partial charge < -0.3 is 9.84 Å². The molecule has 17 heavy (non-hydrogen) atoms. The lowest BCUT2D eigenvalue weighted by atomic mass is 10.2. The monoisotopic (exact) mass is 240 g/mol. The highest BCUT2D eigenvalue weighted by atomic mass is 16.5. The van der Waals surface area contributed by atoms with Gasteiger partial charge in [0, 0.05) is 11.8 Å². The molecule has 1 fully saturated rings. The number of ether oxygens (including phenoxy) is 1. The molecule has 92 valence electrons. The Kier molecular flexibility index (Phi) is 2.84. The van der Waals surface area contributed by atoms with Crippen LogP contribution in [0.5, 0.6) is 0 Å². The zero-order valence-corrected chi connectivity index (χ0v) is 9.17. The molecule has 2 heterocycles. The zero-order valence-electron chi connectivity index (χ0n) is 9.17. The largest absolute Gasteiger partial charge is 0.479 e.